The van der Waals surface area contributed by atoms with Crippen molar-refractivity contribution < 1.29 is 14.3 Å². The second-order valence-electron chi connectivity index (χ2n) is 5.86. The molecular weight excluding hydrogens is 300 g/mol. The molecule has 2 rings (SSSR count). The van der Waals surface area contributed by atoms with Gasteiger partial charge in [0.1, 0.15) is 0 Å². The summed E-state index contributed by atoms with van der Waals surface area (Å²) in [4.78, 5) is 37.4. The maximum atomic E-state index is 12.2. The Morgan fingerprint density at radius 3 is 2.74 bits per heavy atom. The molecule has 126 valence electrons. The molecule has 1 unspecified atom stereocenters. The van der Waals surface area contributed by atoms with Gasteiger partial charge in [0.15, 0.2) is 12.3 Å². The molecule has 2 heterocycles. The van der Waals surface area contributed by atoms with Crippen LogP contribution in [0, 0.1) is 12.8 Å². The number of aromatic nitrogens is 2. The molecule has 1 aliphatic heterocycles. The van der Waals surface area contributed by atoms with Crippen LogP contribution in [-0.4, -0.2) is 27.2 Å². The summed E-state index contributed by atoms with van der Waals surface area (Å²) < 4.78 is 12.8. The lowest BCUT2D eigenvalue weighted by Crippen LogP contribution is -2.38. The van der Waals surface area contributed by atoms with Crippen LogP contribution >= 0.6 is 0 Å². The second kappa shape index (κ2) is 6.16. The van der Waals surface area contributed by atoms with Crippen LogP contribution in [0.15, 0.2) is 28.4 Å². The molecule has 1 fully saturated rings. The predicted octanol–water partition coefficient (Wildman–Crippen LogP) is 1.28. The molecule has 4 atom stereocenters. The van der Waals surface area contributed by atoms with Crippen LogP contribution in [0.4, 0.5) is 0 Å². The van der Waals surface area contributed by atoms with Crippen molar-refractivity contribution >= 4 is 5.97 Å². The molecule has 0 saturated carbocycles. The van der Waals surface area contributed by atoms with Crippen molar-refractivity contribution in [3.63, 3.8) is 0 Å². The number of hydrogen-bond acceptors (Lipinski definition) is 5. The largest absolute Gasteiger partial charge is 0.457 e. The third kappa shape index (κ3) is 2.88. The van der Waals surface area contributed by atoms with E-state index in [4.69, 9.17) is 9.47 Å². The van der Waals surface area contributed by atoms with Gasteiger partial charge in [-0.15, -0.1) is 6.58 Å². The maximum absolute atomic E-state index is 12.2. The second-order valence-corrected chi connectivity index (χ2v) is 5.86. The van der Waals surface area contributed by atoms with E-state index in [9.17, 15) is 14.4 Å². The fraction of sp³-hybridized carbons (Fsp3) is 0.562. The minimum Gasteiger partial charge on any atom is -0.457 e. The molecule has 1 aliphatic rings. The topological polar surface area (TPSA) is 90.4 Å². The van der Waals surface area contributed by atoms with Crippen molar-refractivity contribution in [1.29, 1.82) is 0 Å². The summed E-state index contributed by atoms with van der Waals surface area (Å²) in [6.45, 7) is 10.6. The highest BCUT2D eigenvalue weighted by Gasteiger charge is 2.53. The number of nitrogens with one attached hydrogen (secondary N) is 1. The Labute approximate surface area is 133 Å². The molecule has 23 heavy (non-hydrogen) atoms. The molecule has 0 spiro atoms. The summed E-state index contributed by atoms with van der Waals surface area (Å²) in [5.41, 5.74) is -1.40. The van der Waals surface area contributed by atoms with Crippen molar-refractivity contribution in [2.24, 2.45) is 5.92 Å². The van der Waals surface area contributed by atoms with Gasteiger partial charge in [0.05, 0.1) is 5.60 Å². The van der Waals surface area contributed by atoms with Crippen LogP contribution in [0.5, 0.6) is 0 Å². The zero-order valence-corrected chi connectivity index (χ0v) is 13.8. The predicted molar refractivity (Wildman–Crippen MR) is 84.1 cm³/mol. The number of esters is 1. The van der Waals surface area contributed by atoms with Crippen molar-refractivity contribution in [1.82, 2.24) is 9.55 Å². The number of aryl methyl sites for hydroxylation is 1. The maximum Gasteiger partial charge on any atom is 0.330 e. The summed E-state index contributed by atoms with van der Waals surface area (Å²) >= 11 is 0. The van der Waals surface area contributed by atoms with Gasteiger partial charge in [-0.05, 0) is 13.3 Å². The number of ether oxygens (including phenoxy) is 2. The molecule has 0 bridgehead atoms. The molecule has 1 aromatic heterocycles. The molecular formula is C16H22N2O5. The van der Waals surface area contributed by atoms with Crippen LogP contribution in [0.2, 0.25) is 0 Å². The van der Waals surface area contributed by atoms with Gasteiger partial charge in [-0.2, -0.15) is 0 Å². The Morgan fingerprint density at radius 2 is 2.22 bits per heavy atom. The first-order chi connectivity index (χ1) is 10.8. The summed E-state index contributed by atoms with van der Waals surface area (Å²) in [5, 5.41) is 0. The number of aromatic amines is 1. The number of nitrogens with zero attached hydrogens (tertiary/aromatic N) is 1. The molecule has 1 saturated heterocycles. The average Bonchev–Trinajstić information content (AvgIpc) is 2.76. The highest BCUT2D eigenvalue weighted by Crippen LogP contribution is 2.45. The lowest BCUT2D eigenvalue weighted by atomic mass is 9.85. The smallest absolute Gasteiger partial charge is 0.330 e. The highest BCUT2D eigenvalue weighted by atomic mass is 16.6. The Morgan fingerprint density at radius 1 is 1.57 bits per heavy atom. The van der Waals surface area contributed by atoms with E-state index in [-0.39, 0.29) is 5.92 Å². The van der Waals surface area contributed by atoms with E-state index in [1.165, 1.54) is 17.7 Å². The minimum atomic E-state index is -0.824. The van der Waals surface area contributed by atoms with Crippen LogP contribution in [-0.2, 0) is 14.3 Å². The number of H-pyrrole nitrogens is 1. The fourth-order valence-corrected chi connectivity index (χ4v) is 3.05. The van der Waals surface area contributed by atoms with Gasteiger partial charge in [-0.25, -0.2) is 4.79 Å². The molecule has 0 aromatic carbocycles. The lowest BCUT2D eigenvalue weighted by Gasteiger charge is -2.28. The molecule has 0 radical (unpaired) electrons. The zero-order chi connectivity index (χ0) is 17.4. The van der Waals surface area contributed by atoms with E-state index in [0.717, 1.165) is 0 Å². The van der Waals surface area contributed by atoms with E-state index < -0.39 is 35.2 Å². The lowest BCUT2D eigenvalue weighted by molar-refractivity contribution is -0.154. The van der Waals surface area contributed by atoms with Crippen LogP contribution in [0.3, 0.4) is 0 Å². The number of carbonyl (C=O) groups is 1. The Bertz CT molecular complexity index is 735. The van der Waals surface area contributed by atoms with Gasteiger partial charge in [-0.3, -0.25) is 19.1 Å². The van der Waals surface area contributed by atoms with E-state index >= 15 is 0 Å². The SMILES string of the molecule is C=C[C@]1(CC)O[C@@H](n2cc(C)c(=O)[nH]c2=O)C(OC(C)=O)[C@H]1C. The van der Waals surface area contributed by atoms with E-state index in [1.54, 1.807) is 13.0 Å². The Balaban J connectivity index is 2.56. The summed E-state index contributed by atoms with van der Waals surface area (Å²) in [7, 11) is 0. The number of carbonyl (C=O) groups excluding carboxylic acids is 1. The fourth-order valence-electron chi connectivity index (χ4n) is 3.05. The quantitative estimate of drug-likeness (QED) is 0.666. The van der Waals surface area contributed by atoms with Gasteiger partial charge in [-0.1, -0.05) is 19.9 Å². The molecule has 1 aromatic rings. The summed E-state index contributed by atoms with van der Waals surface area (Å²) in [6, 6.07) is 0. The van der Waals surface area contributed by atoms with E-state index in [2.05, 4.69) is 11.6 Å². The van der Waals surface area contributed by atoms with Gasteiger partial charge in [0.2, 0.25) is 0 Å². The molecule has 1 N–H and O–H groups in total. The van der Waals surface area contributed by atoms with Gasteiger partial charge >= 0.3 is 11.7 Å². The van der Waals surface area contributed by atoms with Crippen LogP contribution in [0.25, 0.3) is 0 Å². The number of hydrogen-bond donors (Lipinski definition) is 1. The van der Waals surface area contributed by atoms with Crippen LogP contribution < -0.4 is 11.2 Å². The molecule has 7 heteroatoms. The molecule has 0 aliphatic carbocycles. The Kier molecular flexibility index (Phi) is 4.61. The van der Waals surface area contributed by atoms with Crippen molar-refractivity contribution in [2.45, 2.75) is 52.0 Å². The first-order valence-electron chi connectivity index (χ1n) is 7.56. The van der Waals surface area contributed by atoms with Crippen LogP contribution in [0.1, 0.15) is 39.0 Å². The highest BCUT2D eigenvalue weighted by molar-refractivity contribution is 5.66. The first-order valence-corrected chi connectivity index (χ1v) is 7.56. The van der Waals surface area contributed by atoms with Gasteiger partial charge < -0.3 is 9.47 Å². The van der Waals surface area contributed by atoms with Crippen molar-refractivity contribution in [3.05, 3.63) is 45.3 Å². The summed E-state index contributed by atoms with van der Waals surface area (Å²) in [5.74, 6) is -0.654. The van der Waals surface area contributed by atoms with Crippen molar-refractivity contribution in [2.75, 3.05) is 0 Å². The molecule has 0 amide bonds. The first kappa shape index (κ1) is 17.2. The number of rotatable bonds is 4. The molecule has 7 nitrogen and oxygen atoms in total. The summed E-state index contributed by atoms with van der Waals surface area (Å²) in [6.07, 6.45) is 2.23. The normalized spacial score (nSPS) is 30.2. The van der Waals surface area contributed by atoms with E-state index in [0.29, 0.717) is 12.0 Å². The third-order valence-electron chi connectivity index (χ3n) is 4.50. The monoisotopic (exact) mass is 322 g/mol. The zero-order valence-electron chi connectivity index (χ0n) is 13.8. The van der Waals surface area contributed by atoms with Gasteiger partial charge in [0.25, 0.3) is 5.56 Å². The standard InChI is InChI=1S/C16H22N2O5/c1-6-16(7-2)10(4)12(22-11(5)19)14(23-16)18-8-9(3)13(20)17-15(18)21/h6,8,10,12,14H,1,7H2,2-5H3,(H,17,20,21)/t10-,12?,14-,16-/m1/s1. The average molecular weight is 322 g/mol. The third-order valence-corrected chi connectivity index (χ3v) is 4.50. The van der Waals surface area contributed by atoms with E-state index in [1.807, 2.05) is 13.8 Å². The van der Waals surface area contributed by atoms with Crippen molar-refractivity contribution in [3.8, 4) is 0 Å². The minimum absolute atomic E-state index is 0.196. The van der Waals surface area contributed by atoms with Gasteiger partial charge in [0, 0.05) is 24.6 Å². The Hall–Kier alpha value is -2.15.